The molecule has 1 fully saturated rings. The lowest BCUT2D eigenvalue weighted by molar-refractivity contribution is -0.152. The number of carbonyl (C=O) groups is 2. The lowest BCUT2D eigenvalue weighted by atomic mass is 9.96. The van der Waals surface area contributed by atoms with E-state index in [2.05, 4.69) is 4.90 Å². The summed E-state index contributed by atoms with van der Waals surface area (Å²) in [6, 6.07) is 5.41. The Hall–Kier alpha value is -2.15. The predicted molar refractivity (Wildman–Crippen MR) is 106 cm³/mol. The maximum Gasteiger partial charge on any atom is 0.411 e. The van der Waals surface area contributed by atoms with Gasteiger partial charge in [-0.1, -0.05) is 11.6 Å². The lowest BCUT2D eigenvalue weighted by Gasteiger charge is -2.36. The summed E-state index contributed by atoms with van der Waals surface area (Å²) >= 11 is 6.09. The summed E-state index contributed by atoms with van der Waals surface area (Å²) in [4.78, 5) is 29.1. The number of hydrogen-bond donors (Lipinski definition) is 0. The number of rotatable bonds is 2. The zero-order valence-corrected chi connectivity index (χ0v) is 17.7. The Morgan fingerprint density at radius 2 is 2.04 bits per heavy atom. The van der Waals surface area contributed by atoms with Crippen molar-refractivity contribution in [2.45, 2.75) is 51.3 Å². The first kappa shape index (κ1) is 20.6. The first-order chi connectivity index (χ1) is 13.0. The Morgan fingerprint density at radius 1 is 1.32 bits per heavy atom. The van der Waals surface area contributed by atoms with Crippen molar-refractivity contribution in [1.29, 1.82) is 0 Å². The molecule has 2 heterocycles. The minimum atomic E-state index is -1.10. The average molecular weight is 411 g/mol. The van der Waals surface area contributed by atoms with Gasteiger partial charge in [-0.05, 0) is 39.8 Å². The van der Waals surface area contributed by atoms with Crippen LogP contribution in [0.5, 0.6) is 5.75 Å². The van der Waals surface area contributed by atoms with Crippen molar-refractivity contribution >= 4 is 29.4 Å². The number of esters is 1. The molecule has 1 saturated heterocycles. The van der Waals surface area contributed by atoms with Gasteiger partial charge in [-0.15, -0.1) is 0 Å². The number of anilines is 1. The summed E-state index contributed by atoms with van der Waals surface area (Å²) in [5.41, 5.74) is -0.861. The third kappa shape index (κ3) is 3.85. The first-order valence-electron chi connectivity index (χ1n) is 9.33. The maximum absolute atomic E-state index is 12.9. The van der Waals surface area contributed by atoms with Gasteiger partial charge in [0.1, 0.15) is 23.5 Å². The van der Waals surface area contributed by atoms with E-state index >= 15 is 0 Å². The van der Waals surface area contributed by atoms with Gasteiger partial charge < -0.3 is 19.1 Å². The molecule has 154 valence electrons. The molecule has 0 aliphatic carbocycles. The summed E-state index contributed by atoms with van der Waals surface area (Å²) in [5, 5.41) is 0.599. The molecule has 8 heteroatoms. The highest BCUT2D eigenvalue weighted by Crippen LogP contribution is 2.40. The first-order valence-corrected chi connectivity index (χ1v) is 9.71. The van der Waals surface area contributed by atoms with Gasteiger partial charge >= 0.3 is 12.1 Å². The number of ether oxygens (including phenoxy) is 3. The Kier molecular flexibility index (Phi) is 5.40. The minimum Gasteiger partial charge on any atom is -0.490 e. The van der Waals surface area contributed by atoms with Crippen LogP contribution in [0, 0.1) is 0 Å². The van der Waals surface area contributed by atoms with Crippen molar-refractivity contribution in [3.63, 3.8) is 0 Å². The molecule has 0 aromatic heterocycles. The molecule has 0 N–H and O–H groups in total. The zero-order valence-electron chi connectivity index (χ0n) is 17.0. The fraction of sp³-hybridized carbons (Fsp3) is 0.600. The van der Waals surface area contributed by atoms with Crippen molar-refractivity contribution in [3.8, 4) is 5.75 Å². The molecule has 1 aromatic rings. The van der Waals surface area contributed by atoms with Crippen molar-refractivity contribution < 1.29 is 23.8 Å². The second kappa shape index (κ2) is 7.35. The number of likely N-dealkylation sites (tertiary alicyclic amines) is 1. The van der Waals surface area contributed by atoms with Gasteiger partial charge in [0, 0.05) is 30.1 Å². The average Bonchev–Trinajstić information content (AvgIpc) is 2.97. The van der Waals surface area contributed by atoms with Crippen LogP contribution in [0.1, 0.15) is 34.1 Å². The van der Waals surface area contributed by atoms with E-state index in [4.69, 9.17) is 25.8 Å². The number of methoxy groups -OCH3 is 1. The highest BCUT2D eigenvalue weighted by molar-refractivity contribution is 6.30. The molecule has 0 spiro atoms. The maximum atomic E-state index is 12.9. The molecule has 0 unspecified atom stereocenters. The van der Waals surface area contributed by atoms with Crippen LogP contribution in [-0.4, -0.2) is 61.0 Å². The second-order valence-corrected chi connectivity index (χ2v) is 8.80. The van der Waals surface area contributed by atoms with Crippen LogP contribution in [0.15, 0.2) is 18.2 Å². The normalized spacial score (nSPS) is 24.4. The number of fused-ring (bicyclic) bond motifs is 1. The Labute approximate surface area is 170 Å². The molecule has 7 nitrogen and oxygen atoms in total. The van der Waals surface area contributed by atoms with E-state index in [1.165, 1.54) is 12.0 Å². The monoisotopic (exact) mass is 410 g/mol. The van der Waals surface area contributed by atoms with Crippen molar-refractivity contribution in [2.75, 3.05) is 31.7 Å². The van der Waals surface area contributed by atoms with Crippen molar-refractivity contribution in [3.05, 3.63) is 23.2 Å². The van der Waals surface area contributed by atoms with Gasteiger partial charge in [-0.2, -0.15) is 0 Å². The summed E-state index contributed by atoms with van der Waals surface area (Å²) in [5.74, 6) is 0.250. The SMILES string of the molecule is COC(=O)[C@@]1(C)C[C@H](N2CCOc3cc(Cl)ccc32)CN1C(=O)OC(C)(C)C. The van der Waals surface area contributed by atoms with Crippen LogP contribution in [0.3, 0.4) is 0 Å². The van der Waals surface area contributed by atoms with Crippen molar-refractivity contribution in [1.82, 2.24) is 4.90 Å². The molecule has 3 rings (SSSR count). The Bertz CT molecular complexity index is 778. The summed E-state index contributed by atoms with van der Waals surface area (Å²) in [6.45, 7) is 8.64. The molecule has 28 heavy (non-hydrogen) atoms. The Morgan fingerprint density at radius 3 is 2.68 bits per heavy atom. The number of hydrogen-bond acceptors (Lipinski definition) is 6. The van der Waals surface area contributed by atoms with Gasteiger partial charge in [0.15, 0.2) is 0 Å². The number of benzene rings is 1. The van der Waals surface area contributed by atoms with E-state index in [1.54, 1.807) is 33.8 Å². The van der Waals surface area contributed by atoms with Crippen LogP contribution in [0.25, 0.3) is 0 Å². The van der Waals surface area contributed by atoms with E-state index in [-0.39, 0.29) is 6.04 Å². The number of amides is 1. The standard InChI is InChI=1S/C20H27ClN2O5/c1-19(2,3)28-18(25)23-12-14(11-20(23,4)17(24)26-5)22-8-9-27-16-10-13(21)6-7-15(16)22/h6-7,10,14H,8-9,11-12H2,1-5H3/t14-,20+/m0/s1. The zero-order chi connectivity index (χ0) is 20.7. The summed E-state index contributed by atoms with van der Waals surface area (Å²) in [7, 11) is 1.33. The summed E-state index contributed by atoms with van der Waals surface area (Å²) < 4.78 is 16.3. The Balaban J connectivity index is 1.91. The molecule has 0 radical (unpaired) electrons. The van der Waals surface area contributed by atoms with E-state index in [9.17, 15) is 9.59 Å². The van der Waals surface area contributed by atoms with Crippen LogP contribution < -0.4 is 9.64 Å². The van der Waals surface area contributed by atoms with Crippen LogP contribution in [-0.2, 0) is 14.3 Å². The highest BCUT2D eigenvalue weighted by atomic mass is 35.5. The van der Waals surface area contributed by atoms with Gasteiger partial charge in [-0.25, -0.2) is 9.59 Å². The van der Waals surface area contributed by atoms with Gasteiger partial charge in [0.25, 0.3) is 0 Å². The van der Waals surface area contributed by atoms with E-state index in [1.807, 2.05) is 12.1 Å². The van der Waals surface area contributed by atoms with Gasteiger partial charge in [-0.3, -0.25) is 4.90 Å². The molecular weight excluding hydrogens is 384 g/mol. The fourth-order valence-electron chi connectivity index (χ4n) is 3.86. The largest absolute Gasteiger partial charge is 0.490 e. The third-order valence-corrected chi connectivity index (χ3v) is 5.36. The second-order valence-electron chi connectivity index (χ2n) is 8.37. The highest BCUT2D eigenvalue weighted by Gasteiger charge is 2.53. The number of halogens is 1. The molecule has 2 atom stereocenters. The van der Waals surface area contributed by atoms with Crippen LogP contribution in [0.2, 0.25) is 5.02 Å². The molecule has 1 aromatic carbocycles. The molecule has 0 bridgehead atoms. The number of nitrogens with zero attached hydrogens (tertiary/aromatic N) is 2. The molecule has 2 aliphatic heterocycles. The summed E-state index contributed by atoms with van der Waals surface area (Å²) in [6.07, 6.45) is -0.0893. The van der Waals surface area contributed by atoms with Gasteiger partial charge in [0.2, 0.25) is 0 Å². The fourth-order valence-corrected chi connectivity index (χ4v) is 4.02. The quantitative estimate of drug-likeness (QED) is 0.695. The lowest BCUT2D eigenvalue weighted by Crippen LogP contribution is -2.52. The number of carbonyl (C=O) groups excluding carboxylic acids is 2. The molecule has 1 amide bonds. The van der Waals surface area contributed by atoms with E-state index in [0.29, 0.717) is 36.9 Å². The van der Waals surface area contributed by atoms with Crippen molar-refractivity contribution in [2.24, 2.45) is 0 Å². The topological polar surface area (TPSA) is 68.3 Å². The minimum absolute atomic E-state index is 0.0829. The van der Waals surface area contributed by atoms with Crippen LogP contribution in [0.4, 0.5) is 10.5 Å². The van der Waals surface area contributed by atoms with E-state index < -0.39 is 23.2 Å². The molecular formula is C20H27ClN2O5. The molecule has 2 aliphatic rings. The van der Waals surface area contributed by atoms with E-state index in [0.717, 1.165) is 5.69 Å². The molecule has 0 saturated carbocycles. The van der Waals surface area contributed by atoms with Crippen LogP contribution >= 0.6 is 11.6 Å². The third-order valence-electron chi connectivity index (χ3n) is 5.12. The predicted octanol–water partition coefficient (Wildman–Crippen LogP) is 3.48. The van der Waals surface area contributed by atoms with Gasteiger partial charge in [0.05, 0.1) is 19.3 Å². The smallest absolute Gasteiger partial charge is 0.411 e.